The first-order valence-corrected chi connectivity index (χ1v) is 10.2. The molecule has 0 spiro atoms. The van der Waals surface area contributed by atoms with Crippen LogP contribution >= 0.6 is 39.1 Å². The van der Waals surface area contributed by atoms with Crippen LogP contribution in [0.25, 0.3) is 10.9 Å². The predicted octanol–water partition coefficient (Wildman–Crippen LogP) is 5.83. The lowest BCUT2D eigenvalue weighted by atomic mass is 10.2. The van der Waals surface area contributed by atoms with Crippen LogP contribution in [0.4, 0.5) is 0 Å². The van der Waals surface area contributed by atoms with E-state index in [0.29, 0.717) is 38.1 Å². The molecule has 1 heterocycles. The number of nitrogens with zero attached hydrogens (tertiary/aromatic N) is 3. The number of aromatic nitrogens is 2. The Kier molecular flexibility index (Phi) is 6.43. The van der Waals surface area contributed by atoms with Crippen LogP contribution in [0.15, 0.2) is 44.7 Å². The maximum absolute atomic E-state index is 12.8. The Hall–Kier alpha value is -1.89. The molecule has 0 aliphatic rings. The highest BCUT2D eigenvalue weighted by Gasteiger charge is 2.12. The molecule has 0 aliphatic heterocycles. The lowest BCUT2D eigenvalue weighted by Gasteiger charge is -2.15. The van der Waals surface area contributed by atoms with E-state index in [9.17, 15) is 4.79 Å². The highest BCUT2D eigenvalue weighted by Crippen LogP contribution is 2.34. The molecule has 0 saturated heterocycles. The molecule has 146 valence electrons. The molecule has 0 saturated carbocycles. The molecule has 1 atom stereocenters. The Bertz CT molecular complexity index is 1110. The topological polar surface area (TPSA) is 56.5 Å². The van der Waals surface area contributed by atoms with E-state index < -0.39 is 0 Å². The van der Waals surface area contributed by atoms with E-state index in [2.05, 4.69) is 26.0 Å². The summed E-state index contributed by atoms with van der Waals surface area (Å²) in [6.07, 6.45) is 2.35. The minimum Gasteiger partial charge on any atom is -0.488 e. The standard InChI is InChI=1S/C20H18BrCl2N3O2/c1-4-11(2)28-19-16(22)7-13(8-17(19)23)10-24-26-12(3)25-18-6-5-14(21)9-15(18)20(26)27/h5-11H,4H2,1-3H3/t11-/m1/s1. The van der Waals surface area contributed by atoms with Crippen molar-refractivity contribution in [2.24, 2.45) is 5.10 Å². The maximum atomic E-state index is 12.8. The predicted molar refractivity (Wildman–Crippen MR) is 118 cm³/mol. The highest BCUT2D eigenvalue weighted by atomic mass is 79.9. The van der Waals surface area contributed by atoms with Crippen molar-refractivity contribution in [3.8, 4) is 5.75 Å². The number of hydrogen-bond acceptors (Lipinski definition) is 4. The zero-order valence-electron chi connectivity index (χ0n) is 15.5. The van der Waals surface area contributed by atoms with Crippen molar-refractivity contribution >= 4 is 56.2 Å². The van der Waals surface area contributed by atoms with Crippen molar-refractivity contribution < 1.29 is 4.74 Å². The molecule has 1 aromatic heterocycles. The molecule has 0 bridgehead atoms. The van der Waals surface area contributed by atoms with Gasteiger partial charge >= 0.3 is 0 Å². The number of fused-ring (bicyclic) bond motifs is 1. The molecule has 3 rings (SSSR count). The second-order valence-electron chi connectivity index (χ2n) is 6.33. The molecule has 28 heavy (non-hydrogen) atoms. The number of benzene rings is 2. The third-order valence-electron chi connectivity index (χ3n) is 4.21. The van der Waals surface area contributed by atoms with Crippen LogP contribution in [0, 0.1) is 6.92 Å². The van der Waals surface area contributed by atoms with Gasteiger partial charge in [-0.15, -0.1) is 0 Å². The summed E-state index contributed by atoms with van der Waals surface area (Å²) in [5.41, 5.74) is 1.01. The van der Waals surface area contributed by atoms with Crippen LogP contribution in [0.1, 0.15) is 31.7 Å². The number of hydrogen-bond donors (Lipinski definition) is 0. The van der Waals surface area contributed by atoms with E-state index in [0.717, 1.165) is 10.9 Å². The van der Waals surface area contributed by atoms with E-state index in [1.165, 1.54) is 10.9 Å². The molecule has 0 N–H and O–H groups in total. The fourth-order valence-electron chi connectivity index (χ4n) is 2.57. The van der Waals surface area contributed by atoms with E-state index in [1.807, 2.05) is 19.9 Å². The number of aryl methyl sites for hydroxylation is 1. The van der Waals surface area contributed by atoms with Gasteiger partial charge in [0.15, 0.2) is 5.75 Å². The first-order chi connectivity index (χ1) is 13.3. The average molecular weight is 483 g/mol. The molecular formula is C20H18BrCl2N3O2. The van der Waals surface area contributed by atoms with Gasteiger partial charge < -0.3 is 4.74 Å². The van der Waals surface area contributed by atoms with E-state index >= 15 is 0 Å². The average Bonchev–Trinajstić information content (AvgIpc) is 2.65. The Labute approximate surface area is 181 Å². The molecule has 8 heteroatoms. The number of ether oxygens (including phenoxy) is 1. The molecule has 5 nitrogen and oxygen atoms in total. The second-order valence-corrected chi connectivity index (χ2v) is 8.06. The van der Waals surface area contributed by atoms with Gasteiger partial charge in [-0.3, -0.25) is 4.79 Å². The zero-order chi connectivity index (χ0) is 20.4. The van der Waals surface area contributed by atoms with Gasteiger partial charge in [0.05, 0.1) is 33.3 Å². The molecular weight excluding hydrogens is 465 g/mol. The summed E-state index contributed by atoms with van der Waals surface area (Å²) in [5.74, 6) is 0.922. The lowest BCUT2D eigenvalue weighted by Crippen LogP contribution is -2.20. The summed E-state index contributed by atoms with van der Waals surface area (Å²) in [6, 6.07) is 8.75. The summed E-state index contributed by atoms with van der Waals surface area (Å²) >= 11 is 16.0. The van der Waals surface area contributed by atoms with Crippen molar-refractivity contribution in [1.29, 1.82) is 0 Å². The van der Waals surface area contributed by atoms with Gasteiger partial charge in [-0.1, -0.05) is 46.1 Å². The molecule has 0 unspecified atom stereocenters. The lowest BCUT2D eigenvalue weighted by molar-refractivity contribution is 0.218. The quantitative estimate of drug-likeness (QED) is 0.429. The fraction of sp³-hybridized carbons (Fsp3) is 0.250. The van der Waals surface area contributed by atoms with Gasteiger partial charge in [0.2, 0.25) is 0 Å². The Morgan fingerprint density at radius 3 is 2.61 bits per heavy atom. The van der Waals surface area contributed by atoms with Gasteiger partial charge in [0.25, 0.3) is 5.56 Å². The monoisotopic (exact) mass is 481 g/mol. The molecule has 0 aliphatic carbocycles. The minimum atomic E-state index is -0.256. The maximum Gasteiger partial charge on any atom is 0.282 e. The summed E-state index contributed by atoms with van der Waals surface area (Å²) in [5, 5.41) is 5.54. The van der Waals surface area contributed by atoms with Crippen molar-refractivity contribution in [3.05, 3.63) is 66.6 Å². The SMILES string of the molecule is CC[C@@H](C)Oc1c(Cl)cc(C=Nn2c(C)nc3ccc(Br)cc3c2=O)cc1Cl. The van der Waals surface area contributed by atoms with Crippen molar-refractivity contribution in [3.63, 3.8) is 0 Å². The van der Waals surface area contributed by atoms with Gasteiger partial charge in [-0.25, -0.2) is 4.98 Å². The van der Waals surface area contributed by atoms with E-state index in [-0.39, 0.29) is 11.7 Å². The second kappa shape index (κ2) is 8.64. The first kappa shape index (κ1) is 20.8. The Balaban J connectivity index is 1.99. The van der Waals surface area contributed by atoms with Crippen LogP contribution < -0.4 is 10.3 Å². The highest BCUT2D eigenvalue weighted by molar-refractivity contribution is 9.10. The minimum absolute atomic E-state index is 0.00116. The molecule has 0 fully saturated rings. The van der Waals surface area contributed by atoms with E-state index in [4.69, 9.17) is 27.9 Å². The summed E-state index contributed by atoms with van der Waals surface area (Å²) < 4.78 is 7.81. The van der Waals surface area contributed by atoms with Crippen LogP contribution in [-0.4, -0.2) is 22.0 Å². The number of rotatable bonds is 5. The summed E-state index contributed by atoms with van der Waals surface area (Å²) in [4.78, 5) is 17.2. The first-order valence-electron chi connectivity index (χ1n) is 8.69. The van der Waals surface area contributed by atoms with Gasteiger partial charge in [-0.05, 0) is 56.2 Å². The number of halogens is 3. The van der Waals surface area contributed by atoms with E-state index in [1.54, 1.807) is 31.2 Å². The third kappa shape index (κ3) is 4.40. The fourth-order valence-corrected chi connectivity index (χ4v) is 3.53. The molecule has 2 aromatic carbocycles. The largest absolute Gasteiger partial charge is 0.488 e. The third-order valence-corrected chi connectivity index (χ3v) is 5.26. The Morgan fingerprint density at radius 2 is 1.96 bits per heavy atom. The Morgan fingerprint density at radius 1 is 1.29 bits per heavy atom. The smallest absolute Gasteiger partial charge is 0.282 e. The van der Waals surface area contributed by atoms with Crippen LogP contribution in [-0.2, 0) is 0 Å². The van der Waals surface area contributed by atoms with Crippen LogP contribution in [0.5, 0.6) is 5.75 Å². The van der Waals surface area contributed by atoms with Crippen molar-refractivity contribution in [2.75, 3.05) is 0 Å². The zero-order valence-corrected chi connectivity index (χ0v) is 18.6. The molecule has 0 amide bonds. The molecule has 0 radical (unpaired) electrons. The van der Waals surface area contributed by atoms with Crippen molar-refractivity contribution in [2.45, 2.75) is 33.3 Å². The van der Waals surface area contributed by atoms with Gasteiger partial charge in [0, 0.05) is 4.47 Å². The van der Waals surface area contributed by atoms with Crippen molar-refractivity contribution in [1.82, 2.24) is 9.66 Å². The molecule has 3 aromatic rings. The van der Waals surface area contributed by atoms with Crippen LogP contribution in [0.3, 0.4) is 0 Å². The summed E-state index contributed by atoms with van der Waals surface area (Å²) in [6.45, 7) is 5.69. The normalized spacial score (nSPS) is 12.6. The van der Waals surface area contributed by atoms with Gasteiger partial charge in [0.1, 0.15) is 5.82 Å². The van der Waals surface area contributed by atoms with Gasteiger partial charge in [-0.2, -0.15) is 9.78 Å². The van der Waals surface area contributed by atoms with Crippen LogP contribution in [0.2, 0.25) is 10.0 Å². The summed E-state index contributed by atoms with van der Waals surface area (Å²) in [7, 11) is 0.